The fourth-order valence-corrected chi connectivity index (χ4v) is 1.47. The number of hydrogen-bond donors (Lipinski definition) is 1. The standard InChI is InChI=1S/C12H10FNO3/c13-9-4-2-1-3-8(9)5-6-11-14-10(7-17-11)12(15)16/h1-4,7H,5-6H2,(H,15,16). The third-order valence-corrected chi connectivity index (χ3v) is 2.34. The van der Waals surface area contributed by atoms with Crippen molar-refractivity contribution in [3.8, 4) is 0 Å². The molecule has 17 heavy (non-hydrogen) atoms. The lowest BCUT2D eigenvalue weighted by atomic mass is 10.1. The lowest BCUT2D eigenvalue weighted by molar-refractivity contribution is 0.0690. The van der Waals surface area contributed by atoms with E-state index in [1.165, 1.54) is 6.07 Å². The number of carbonyl (C=O) groups is 1. The van der Waals surface area contributed by atoms with Crippen molar-refractivity contribution >= 4 is 5.97 Å². The summed E-state index contributed by atoms with van der Waals surface area (Å²) in [6, 6.07) is 6.42. The molecular weight excluding hydrogens is 225 g/mol. The Balaban J connectivity index is 2.02. The summed E-state index contributed by atoms with van der Waals surface area (Å²) in [5.41, 5.74) is 0.427. The van der Waals surface area contributed by atoms with Gasteiger partial charge in [-0.2, -0.15) is 0 Å². The first-order valence-corrected chi connectivity index (χ1v) is 5.08. The van der Waals surface area contributed by atoms with Crippen molar-refractivity contribution in [3.63, 3.8) is 0 Å². The third-order valence-electron chi connectivity index (χ3n) is 2.34. The van der Waals surface area contributed by atoms with Gasteiger partial charge in [0.1, 0.15) is 12.1 Å². The SMILES string of the molecule is O=C(O)c1coc(CCc2ccccc2F)n1. The number of rotatable bonds is 4. The Labute approximate surface area is 96.7 Å². The van der Waals surface area contributed by atoms with Gasteiger partial charge in [-0.1, -0.05) is 18.2 Å². The van der Waals surface area contributed by atoms with Crippen LogP contribution in [0.25, 0.3) is 0 Å². The lowest BCUT2D eigenvalue weighted by Crippen LogP contribution is -1.98. The van der Waals surface area contributed by atoms with Gasteiger partial charge in [0.05, 0.1) is 0 Å². The van der Waals surface area contributed by atoms with Crippen molar-refractivity contribution in [1.82, 2.24) is 4.98 Å². The normalized spacial score (nSPS) is 10.4. The first-order chi connectivity index (χ1) is 8.16. The summed E-state index contributed by atoms with van der Waals surface area (Å²) in [4.78, 5) is 14.3. The molecule has 0 fully saturated rings. The minimum absolute atomic E-state index is 0.131. The monoisotopic (exact) mass is 235 g/mol. The summed E-state index contributed by atoms with van der Waals surface area (Å²) >= 11 is 0. The number of oxazole rings is 1. The topological polar surface area (TPSA) is 63.3 Å². The van der Waals surface area contributed by atoms with Gasteiger partial charge in [-0.25, -0.2) is 14.2 Å². The zero-order valence-corrected chi connectivity index (χ0v) is 8.89. The van der Waals surface area contributed by atoms with E-state index < -0.39 is 5.97 Å². The molecule has 1 aromatic heterocycles. The molecule has 2 aromatic rings. The molecule has 1 heterocycles. The van der Waals surface area contributed by atoms with Crippen LogP contribution in [-0.2, 0) is 12.8 Å². The predicted molar refractivity (Wildman–Crippen MR) is 57.3 cm³/mol. The molecule has 0 unspecified atom stereocenters. The fourth-order valence-electron chi connectivity index (χ4n) is 1.47. The molecule has 88 valence electrons. The summed E-state index contributed by atoms with van der Waals surface area (Å²) in [6.07, 6.45) is 1.87. The molecule has 0 aliphatic heterocycles. The number of carboxylic acids is 1. The smallest absolute Gasteiger partial charge is 0.357 e. The molecule has 0 saturated carbocycles. The molecule has 0 amide bonds. The number of nitrogens with zero attached hydrogens (tertiary/aromatic N) is 1. The Morgan fingerprint density at radius 2 is 2.12 bits per heavy atom. The zero-order chi connectivity index (χ0) is 12.3. The van der Waals surface area contributed by atoms with Gasteiger partial charge in [-0.3, -0.25) is 0 Å². The number of halogens is 1. The Kier molecular flexibility index (Phi) is 3.18. The van der Waals surface area contributed by atoms with Gasteiger partial charge < -0.3 is 9.52 Å². The van der Waals surface area contributed by atoms with E-state index in [9.17, 15) is 9.18 Å². The summed E-state index contributed by atoms with van der Waals surface area (Å²) < 4.78 is 18.3. The van der Waals surface area contributed by atoms with Crippen molar-refractivity contribution < 1.29 is 18.7 Å². The zero-order valence-electron chi connectivity index (χ0n) is 8.89. The van der Waals surface area contributed by atoms with E-state index in [2.05, 4.69) is 4.98 Å². The van der Waals surface area contributed by atoms with Crippen molar-refractivity contribution in [1.29, 1.82) is 0 Å². The number of carboxylic acid groups (broad SMARTS) is 1. The number of hydrogen-bond acceptors (Lipinski definition) is 3. The molecule has 5 heteroatoms. The second-order valence-corrected chi connectivity index (χ2v) is 3.52. The van der Waals surface area contributed by atoms with Crippen LogP contribution in [0.1, 0.15) is 21.9 Å². The van der Waals surface area contributed by atoms with E-state index in [1.807, 2.05) is 0 Å². The fraction of sp³-hybridized carbons (Fsp3) is 0.167. The predicted octanol–water partition coefficient (Wildman–Crippen LogP) is 2.30. The highest BCUT2D eigenvalue weighted by Gasteiger charge is 2.10. The van der Waals surface area contributed by atoms with E-state index in [0.29, 0.717) is 24.3 Å². The summed E-state index contributed by atoms with van der Waals surface area (Å²) in [5.74, 6) is -1.12. The Hall–Kier alpha value is -2.17. The molecule has 0 saturated heterocycles. The lowest BCUT2D eigenvalue weighted by Gasteiger charge is -1.99. The average molecular weight is 235 g/mol. The molecule has 4 nitrogen and oxygen atoms in total. The third kappa shape index (κ3) is 2.69. The minimum Gasteiger partial charge on any atom is -0.476 e. The first kappa shape index (κ1) is 11.3. The summed E-state index contributed by atoms with van der Waals surface area (Å²) in [6.45, 7) is 0. The van der Waals surface area contributed by atoms with Gasteiger partial charge in [-0.15, -0.1) is 0 Å². The molecule has 0 atom stereocenters. The molecule has 0 spiro atoms. The van der Waals surface area contributed by atoms with E-state index in [-0.39, 0.29) is 11.5 Å². The van der Waals surface area contributed by atoms with Crippen molar-refractivity contribution in [2.24, 2.45) is 0 Å². The maximum Gasteiger partial charge on any atom is 0.357 e. The highest BCUT2D eigenvalue weighted by molar-refractivity contribution is 5.84. The van der Waals surface area contributed by atoms with Crippen LogP contribution in [0, 0.1) is 5.82 Å². The number of aromatic carboxylic acids is 1. The Morgan fingerprint density at radius 1 is 1.35 bits per heavy atom. The molecule has 1 aromatic carbocycles. The Bertz CT molecular complexity index is 536. The van der Waals surface area contributed by atoms with E-state index in [4.69, 9.17) is 9.52 Å². The highest BCUT2D eigenvalue weighted by atomic mass is 19.1. The van der Waals surface area contributed by atoms with E-state index in [0.717, 1.165) is 6.26 Å². The summed E-state index contributed by atoms with van der Waals surface area (Å²) in [5, 5.41) is 8.65. The van der Waals surface area contributed by atoms with Crippen LogP contribution >= 0.6 is 0 Å². The first-order valence-electron chi connectivity index (χ1n) is 5.08. The average Bonchev–Trinajstić information content (AvgIpc) is 2.77. The number of aromatic nitrogens is 1. The summed E-state index contributed by atoms with van der Waals surface area (Å²) in [7, 11) is 0. The second-order valence-electron chi connectivity index (χ2n) is 3.52. The van der Waals surface area contributed by atoms with Gasteiger partial charge in [0, 0.05) is 6.42 Å². The van der Waals surface area contributed by atoms with Crippen LogP contribution < -0.4 is 0 Å². The maximum absolute atomic E-state index is 13.3. The minimum atomic E-state index is -1.13. The Morgan fingerprint density at radius 3 is 2.76 bits per heavy atom. The molecule has 0 radical (unpaired) electrons. The molecule has 2 rings (SSSR count). The second kappa shape index (κ2) is 4.78. The van der Waals surface area contributed by atoms with Crippen LogP contribution in [0.4, 0.5) is 4.39 Å². The molecular formula is C12H10FNO3. The number of aryl methyl sites for hydroxylation is 2. The van der Waals surface area contributed by atoms with Gasteiger partial charge in [0.2, 0.25) is 0 Å². The van der Waals surface area contributed by atoms with Crippen molar-refractivity contribution in [2.45, 2.75) is 12.8 Å². The molecule has 1 N–H and O–H groups in total. The van der Waals surface area contributed by atoms with Crippen LogP contribution in [-0.4, -0.2) is 16.1 Å². The van der Waals surface area contributed by atoms with Crippen molar-refractivity contribution in [2.75, 3.05) is 0 Å². The van der Waals surface area contributed by atoms with Crippen molar-refractivity contribution in [3.05, 3.63) is 53.5 Å². The number of benzene rings is 1. The maximum atomic E-state index is 13.3. The van der Waals surface area contributed by atoms with Gasteiger partial charge in [-0.05, 0) is 18.1 Å². The van der Waals surface area contributed by atoms with Gasteiger partial charge in [0.15, 0.2) is 11.6 Å². The van der Waals surface area contributed by atoms with Crippen LogP contribution in [0.2, 0.25) is 0 Å². The van der Waals surface area contributed by atoms with Gasteiger partial charge >= 0.3 is 5.97 Å². The molecule has 0 bridgehead atoms. The largest absolute Gasteiger partial charge is 0.476 e. The highest BCUT2D eigenvalue weighted by Crippen LogP contribution is 2.11. The molecule has 0 aliphatic carbocycles. The van der Waals surface area contributed by atoms with Crippen LogP contribution in [0.15, 0.2) is 34.9 Å². The van der Waals surface area contributed by atoms with Crippen LogP contribution in [0.3, 0.4) is 0 Å². The quantitative estimate of drug-likeness (QED) is 0.883. The van der Waals surface area contributed by atoms with Crippen LogP contribution in [0.5, 0.6) is 0 Å². The van der Waals surface area contributed by atoms with E-state index in [1.54, 1.807) is 18.2 Å². The molecule has 0 aliphatic rings. The van der Waals surface area contributed by atoms with E-state index >= 15 is 0 Å². The van der Waals surface area contributed by atoms with Gasteiger partial charge in [0.25, 0.3) is 0 Å².